The Labute approximate surface area is 250 Å². The van der Waals surface area contributed by atoms with Crippen molar-refractivity contribution in [3.8, 4) is 0 Å². The number of hydrogen-bond acceptors (Lipinski definition) is 4. The minimum atomic E-state index is -1.48. The normalized spacial score (nSPS) is 26.6. The maximum absolute atomic E-state index is 15.7. The van der Waals surface area contributed by atoms with Crippen LogP contribution in [0.4, 0.5) is 13.6 Å². The van der Waals surface area contributed by atoms with Gasteiger partial charge in [0.05, 0.1) is 29.6 Å². The van der Waals surface area contributed by atoms with Crippen molar-refractivity contribution in [3.63, 3.8) is 0 Å². The van der Waals surface area contributed by atoms with Crippen LogP contribution >= 0.6 is 23.2 Å². The number of esters is 1. The summed E-state index contributed by atoms with van der Waals surface area (Å²) >= 11 is 12.3. The minimum Gasteiger partial charge on any atom is -0.469 e. The van der Waals surface area contributed by atoms with Gasteiger partial charge in [-0.3, -0.25) is 4.79 Å². The summed E-state index contributed by atoms with van der Waals surface area (Å²) in [5.41, 5.74) is 5.83. The van der Waals surface area contributed by atoms with E-state index in [0.29, 0.717) is 25.8 Å². The molecule has 10 heteroatoms. The Morgan fingerprint density at radius 3 is 2.41 bits per heavy atom. The highest BCUT2D eigenvalue weighted by molar-refractivity contribution is 6.31. The first-order valence-electron chi connectivity index (χ1n) is 14.1. The number of amides is 2. The van der Waals surface area contributed by atoms with Gasteiger partial charge in [-0.05, 0) is 61.6 Å². The second-order valence-electron chi connectivity index (χ2n) is 12.6. The molecule has 41 heavy (non-hydrogen) atoms. The summed E-state index contributed by atoms with van der Waals surface area (Å²) in [5, 5.41) is 3.13. The Kier molecular flexibility index (Phi) is 9.56. The molecule has 1 heterocycles. The lowest BCUT2D eigenvalue weighted by molar-refractivity contribution is -0.146. The van der Waals surface area contributed by atoms with Gasteiger partial charge in [0.2, 0.25) is 0 Å². The van der Waals surface area contributed by atoms with Crippen molar-refractivity contribution in [1.82, 2.24) is 10.2 Å². The molecule has 1 aliphatic carbocycles. The summed E-state index contributed by atoms with van der Waals surface area (Å²) in [5.74, 6) is -1.86. The number of likely N-dealkylation sites (tertiary alicyclic amines) is 1. The van der Waals surface area contributed by atoms with Crippen molar-refractivity contribution in [2.24, 2.45) is 28.9 Å². The molecular formula is C31H39Cl2F2N3O3. The van der Waals surface area contributed by atoms with Gasteiger partial charge in [-0.25, -0.2) is 13.6 Å². The van der Waals surface area contributed by atoms with E-state index in [1.165, 1.54) is 30.2 Å². The van der Waals surface area contributed by atoms with E-state index < -0.39 is 35.2 Å². The molecule has 1 saturated heterocycles. The fourth-order valence-corrected chi connectivity index (χ4v) is 6.96. The lowest BCUT2D eigenvalue weighted by Gasteiger charge is -2.40. The fourth-order valence-electron chi connectivity index (χ4n) is 6.61. The zero-order valence-electron chi connectivity index (χ0n) is 24.0. The Morgan fingerprint density at radius 1 is 1.12 bits per heavy atom. The number of rotatable bonds is 6. The second kappa shape index (κ2) is 12.4. The second-order valence-corrected chi connectivity index (χ2v) is 13.5. The maximum Gasteiger partial charge on any atom is 0.318 e. The average Bonchev–Trinajstić information content (AvgIpc) is 3.19. The van der Waals surface area contributed by atoms with Crippen LogP contribution in [-0.2, 0) is 15.1 Å². The van der Waals surface area contributed by atoms with Gasteiger partial charge in [0.1, 0.15) is 11.6 Å². The van der Waals surface area contributed by atoms with Crippen molar-refractivity contribution in [1.29, 1.82) is 0 Å². The van der Waals surface area contributed by atoms with Crippen LogP contribution in [0.2, 0.25) is 10.0 Å². The van der Waals surface area contributed by atoms with Crippen molar-refractivity contribution in [2.45, 2.75) is 64.5 Å². The molecule has 224 valence electrons. The van der Waals surface area contributed by atoms with E-state index in [1.807, 2.05) is 20.8 Å². The molecule has 2 amide bonds. The maximum atomic E-state index is 15.7. The quantitative estimate of drug-likeness (QED) is 0.338. The SMILES string of the molecule is COC(=O)C1CCC(CNC(=O)N2C[C@@H](CC(C)(C)C)[C@](N)(c3ccc(Cl)cc3F)[C@H]2c2cccc(Cl)c2F)CC1. The molecule has 0 bridgehead atoms. The zero-order valence-corrected chi connectivity index (χ0v) is 25.5. The van der Waals surface area contributed by atoms with Crippen LogP contribution < -0.4 is 11.1 Å². The minimum absolute atomic E-state index is 0.108. The standard InChI is InChI=1S/C31H39Cl2F2N3O3/c1-30(2,3)15-20-17-38(29(40)37-16-18-8-10-19(11-9-18)28(39)41-4)27(22-6-5-7-24(33)26(22)35)31(20,36)23-13-12-21(32)14-25(23)34/h5-7,12-14,18-20,27H,8-11,15-17,36H2,1-4H3,(H,37,40)/t18?,19?,20-,27-,31+/m1/s1. The molecule has 3 N–H and O–H groups in total. The molecule has 0 spiro atoms. The number of nitrogens with two attached hydrogens (primary N) is 1. The van der Waals surface area contributed by atoms with Crippen molar-refractivity contribution in [2.75, 3.05) is 20.2 Å². The predicted molar refractivity (Wildman–Crippen MR) is 157 cm³/mol. The smallest absolute Gasteiger partial charge is 0.318 e. The highest BCUT2D eigenvalue weighted by atomic mass is 35.5. The third kappa shape index (κ3) is 6.65. The molecule has 0 radical (unpaired) electrons. The zero-order chi connectivity index (χ0) is 30.1. The third-order valence-corrected chi connectivity index (χ3v) is 9.10. The summed E-state index contributed by atoms with van der Waals surface area (Å²) < 4.78 is 36.2. The average molecular weight is 611 g/mol. The summed E-state index contributed by atoms with van der Waals surface area (Å²) in [6.45, 7) is 6.73. The monoisotopic (exact) mass is 609 g/mol. The summed E-state index contributed by atoms with van der Waals surface area (Å²) in [6.07, 6.45) is 3.49. The fraction of sp³-hybridized carbons (Fsp3) is 0.548. The van der Waals surface area contributed by atoms with Gasteiger partial charge < -0.3 is 20.7 Å². The van der Waals surface area contributed by atoms with E-state index in [9.17, 15) is 9.59 Å². The first kappa shape index (κ1) is 31.5. The van der Waals surface area contributed by atoms with Crippen molar-refractivity contribution < 1.29 is 23.1 Å². The number of urea groups is 1. The van der Waals surface area contributed by atoms with Gasteiger partial charge >= 0.3 is 12.0 Å². The molecule has 2 aromatic carbocycles. The van der Waals surface area contributed by atoms with Gasteiger partial charge in [0, 0.05) is 35.2 Å². The molecule has 3 atom stereocenters. The number of nitrogens with zero attached hydrogens (tertiary/aromatic N) is 1. The molecule has 0 unspecified atom stereocenters. The van der Waals surface area contributed by atoms with E-state index in [2.05, 4.69) is 5.32 Å². The van der Waals surface area contributed by atoms with E-state index >= 15 is 8.78 Å². The molecule has 2 aliphatic rings. The molecular weight excluding hydrogens is 571 g/mol. The largest absolute Gasteiger partial charge is 0.469 e. The first-order valence-corrected chi connectivity index (χ1v) is 14.8. The van der Waals surface area contributed by atoms with Crippen LogP contribution in [0.3, 0.4) is 0 Å². The summed E-state index contributed by atoms with van der Waals surface area (Å²) in [7, 11) is 1.39. The highest BCUT2D eigenvalue weighted by Crippen LogP contribution is 2.53. The van der Waals surface area contributed by atoms with E-state index in [1.54, 1.807) is 18.2 Å². The van der Waals surface area contributed by atoms with Crippen LogP contribution in [0, 0.1) is 34.8 Å². The number of nitrogens with one attached hydrogen (secondary N) is 1. The summed E-state index contributed by atoms with van der Waals surface area (Å²) in [4.78, 5) is 27.3. The molecule has 2 aromatic rings. The number of methoxy groups -OCH3 is 1. The van der Waals surface area contributed by atoms with Crippen LogP contribution in [0.15, 0.2) is 36.4 Å². The van der Waals surface area contributed by atoms with Crippen molar-refractivity contribution in [3.05, 3.63) is 69.2 Å². The Bertz CT molecular complexity index is 1280. The number of ether oxygens (including phenoxy) is 1. The van der Waals surface area contributed by atoms with E-state index in [-0.39, 0.29) is 50.9 Å². The van der Waals surface area contributed by atoms with E-state index in [4.69, 9.17) is 33.7 Å². The van der Waals surface area contributed by atoms with Gasteiger partial charge in [-0.2, -0.15) is 0 Å². The first-order chi connectivity index (χ1) is 19.3. The van der Waals surface area contributed by atoms with Gasteiger partial charge in [0.25, 0.3) is 0 Å². The van der Waals surface area contributed by atoms with Gasteiger partial charge in [-0.1, -0.05) is 62.2 Å². The number of carbonyl (C=O) groups is 2. The van der Waals surface area contributed by atoms with Crippen LogP contribution in [0.1, 0.15) is 70.0 Å². The topological polar surface area (TPSA) is 84.7 Å². The van der Waals surface area contributed by atoms with E-state index in [0.717, 1.165) is 12.8 Å². The Morgan fingerprint density at radius 2 is 1.80 bits per heavy atom. The number of benzene rings is 2. The van der Waals surface area contributed by atoms with Crippen LogP contribution in [0.5, 0.6) is 0 Å². The lowest BCUT2D eigenvalue weighted by Crippen LogP contribution is -2.50. The number of carbonyl (C=O) groups excluding carboxylic acids is 2. The van der Waals surface area contributed by atoms with Crippen LogP contribution in [-0.4, -0.2) is 37.1 Å². The third-order valence-electron chi connectivity index (χ3n) is 8.57. The van der Waals surface area contributed by atoms with Crippen LogP contribution in [0.25, 0.3) is 0 Å². The molecule has 1 aliphatic heterocycles. The molecule has 4 rings (SSSR count). The van der Waals surface area contributed by atoms with Gasteiger partial charge in [-0.15, -0.1) is 0 Å². The number of hydrogen-bond donors (Lipinski definition) is 2. The predicted octanol–water partition coefficient (Wildman–Crippen LogP) is 7.22. The molecule has 2 fully saturated rings. The molecule has 0 aromatic heterocycles. The molecule has 1 saturated carbocycles. The number of halogens is 4. The summed E-state index contributed by atoms with van der Waals surface area (Å²) in [6, 6.07) is 7.41. The Balaban J connectivity index is 1.70. The Hall–Kier alpha value is -2.42. The highest BCUT2D eigenvalue weighted by Gasteiger charge is 2.57. The lowest BCUT2D eigenvalue weighted by atomic mass is 9.69. The molecule has 6 nitrogen and oxygen atoms in total. The van der Waals surface area contributed by atoms with Crippen molar-refractivity contribution >= 4 is 35.2 Å². The van der Waals surface area contributed by atoms with Gasteiger partial charge in [0.15, 0.2) is 0 Å².